The van der Waals surface area contributed by atoms with Crippen LogP contribution in [0.15, 0.2) is 126 Å². The van der Waals surface area contributed by atoms with Crippen LogP contribution in [0.2, 0.25) is 0 Å². The van der Waals surface area contributed by atoms with Crippen LogP contribution in [-0.4, -0.2) is 111 Å². The van der Waals surface area contributed by atoms with Gasteiger partial charge >= 0.3 is 29.8 Å². The number of aromatic carboxylic acids is 1. The number of ether oxygens (including phenoxy) is 6. The van der Waals surface area contributed by atoms with Crippen molar-refractivity contribution >= 4 is 41.5 Å². The summed E-state index contributed by atoms with van der Waals surface area (Å²) in [6.45, 7) is 6.09. The summed E-state index contributed by atoms with van der Waals surface area (Å²) in [6, 6.07) is 29.1. The molecule has 4 fully saturated rings. The Kier molecular flexibility index (Phi) is 12.4. The maximum atomic E-state index is 15.6. The summed E-state index contributed by atoms with van der Waals surface area (Å²) in [5, 5.41) is 38.4. The van der Waals surface area contributed by atoms with Crippen molar-refractivity contribution in [1.82, 2.24) is 5.32 Å². The van der Waals surface area contributed by atoms with E-state index in [0.29, 0.717) is 11.1 Å². The minimum atomic E-state index is -2.34. The average Bonchev–Trinajstić information content (AvgIpc) is 3.35. The molecule has 17 heteroatoms. The Morgan fingerprint density at radius 1 is 0.789 bits per heavy atom. The Morgan fingerprint density at radius 2 is 1.39 bits per heavy atom. The minimum absolute atomic E-state index is 0.00883. The monoisotopic (exact) mass is 971 g/mol. The number of carboxylic acid groups (broad SMARTS) is 1. The average molecular weight is 972 g/mol. The number of aliphatic hydroxyl groups is 2. The Morgan fingerprint density at radius 3 is 1.96 bits per heavy atom. The van der Waals surface area contributed by atoms with Crippen LogP contribution >= 0.6 is 0 Å². The normalized spacial score (nSPS) is 31.9. The molecule has 0 spiro atoms. The number of fused-ring (bicyclic) bond motifs is 3. The molecule has 2 unspecified atom stereocenters. The standard InChI is InChI=1S/C54H53NO16/c1-29-39-41(68-30(2)56)44(59)50(4)37(58)25-38-52(28-67-38,70-31(3)57)43(50)45(69-48(63)36-19-13-8-14-20-36)53(65)27-54(29,51(39,53)5)71-49(64)42(66-26-32-21-23-35(24-22-32)47(61)62)40(33-15-9-6-10-16-33)55-46(60)34-17-11-7-12-18-34/h6-24,37-38,40-43,45,58,65H,25-28H2,1-5H3,(H,55,60)(H,61,62)/t37-,38?,40-,41+,42+,43?,45-,50+,51+,52-,53+,54+/m0/s1. The van der Waals surface area contributed by atoms with Gasteiger partial charge in [-0.15, -0.1) is 0 Å². The third-order valence-corrected chi connectivity index (χ3v) is 15.7. The number of hydrogen-bond donors (Lipinski definition) is 4. The second kappa shape index (κ2) is 18.0. The number of carbonyl (C=O) groups excluding carboxylic acids is 6. The number of Topliss-reactive ketones (excluding diaryl/α,β-unsaturated/α-hetero) is 1. The molecular weight excluding hydrogens is 919 g/mol. The van der Waals surface area contributed by atoms with Crippen molar-refractivity contribution in [3.8, 4) is 0 Å². The highest BCUT2D eigenvalue weighted by atomic mass is 16.6. The fraction of sp³-hybridized carbons (Fsp3) is 0.389. The molecule has 4 aliphatic carbocycles. The predicted octanol–water partition coefficient (Wildman–Crippen LogP) is 5.02. The number of aliphatic hydroxyl groups excluding tert-OH is 1. The first-order valence-electron chi connectivity index (χ1n) is 23.2. The highest BCUT2D eigenvalue weighted by molar-refractivity contribution is 5.97. The molecule has 0 radical (unpaired) electrons. The molecule has 12 atom stereocenters. The molecular formula is C54H53NO16. The van der Waals surface area contributed by atoms with E-state index in [-0.39, 0.29) is 47.5 Å². The number of esters is 4. The lowest BCUT2D eigenvalue weighted by atomic mass is 9.30. The summed E-state index contributed by atoms with van der Waals surface area (Å²) in [6.07, 6.45) is -8.64. The van der Waals surface area contributed by atoms with Crippen LogP contribution in [-0.2, 0) is 54.2 Å². The van der Waals surface area contributed by atoms with E-state index in [0.717, 1.165) is 13.8 Å². The molecule has 71 heavy (non-hydrogen) atoms. The largest absolute Gasteiger partial charge is 0.478 e. The lowest BCUT2D eigenvalue weighted by molar-refractivity contribution is -0.376. The van der Waals surface area contributed by atoms with Crippen LogP contribution in [0.5, 0.6) is 0 Å². The molecule has 9 rings (SSSR count). The van der Waals surface area contributed by atoms with Gasteiger partial charge < -0.3 is 49.1 Å². The quantitative estimate of drug-likeness (QED) is 0.0736. The van der Waals surface area contributed by atoms with E-state index in [1.807, 2.05) is 0 Å². The van der Waals surface area contributed by atoms with Gasteiger partial charge in [-0.1, -0.05) is 78.9 Å². The van der Waals surface area contributed by atoms with Crippen molar-refractivity contribution in [3.05, 3.63) is 154 Å². The molecule has 0 bridgehead atoms. The van der Waals surface area contributed by atoms with Crippen LogP contribution < -0.4 is 5.32 Å². The SMILES string of the molecule is CC(=O)O[C@H]1C(=O)[C@@]2(C)C([C@H](OC(=O)c3ccccc3)[C@]3(O)C[C@@]4(OC(=O)[C@H](OCc5ccc(C(=O)O)cc5)[C@@H](NC(=O)c5ccccc5)c5ccccc5)C(C)=C1[C@]34C)[C@]1(OC(C)=O)COC1C[C@@H]2O. The second-order valence-electron chi connectivity index (χ2n) is 19.4. The van der Waals surface area contributed by atoms with E-state index in [2.05, 4.69) is 5.32 Å². The fourth-order valence-corrected chi connectivity index (χ4v) is 12.1. The van der Waals surface area contributed by atoms with Gasteiger partial charge in [0.15, 0.2) is 23.6 Å². The molecule has 1 amide bonds. The topological polar surface area (TPSA) is 248 Å². The third kappa shape index (κ3) is 7.55. The van der Waals surface area contributed by atoms with Crippen LogP contribution in [0.3, 0.4) is 0 Å². The van der Waals surface area contributed by atoms with E-state index in [1.54, 1.807) is 85.8 Å². The molecule has 5 aliphatic rings. The van der Waals surface area contributed by atoms with Gasteiger partial charge in [-0.25, -0.2) is 14.4 Å². The molecule has 4 N–H and O–H groups in total. The van der Waals surface area contributed by atoms with Crippen molar-refractivity contribution in [2.75, 3.05) is 6.61 Å². The molecule has 1 saturated heterocycles. The summed E-state index contributed by atoms with van der Waals surface area (Å²) in [5.74, 6) is -7.80. The van der Waals surface area contributed by atoms with Crippen molar-refractivity contribution in [3.63, 3.8) is 0 Å². The van der Waals surface area contributed by atoms with Gasteiger partial charge in [0.05, 0.1) is 53.2 Å². The summed E-state index contributed by atoms with van der Waals surface area (Å²) < 4.78 is 37.5. The second-order valence-corrected chi connectivity index (χ2v) is 19.4. The van der Waals surface area contributed by atoms with Gasteiger partial charge in [-0.3, -0.25) is 19.2 Å². The number of hydrogen-bond acceptors (Lipinski definition) is 15. The van der Waals surface area contributed by atoms with E-state index in [1.165, 1.54) is 50.2 Å². The first kappa shape index (κ1) is 49.0. The Bertz CT molecular complexity index is 2840. The molecule has 17 nitrogen and oxygen atoms in total. The lowest BCUT2D eigenvalue weighted by Gasteiger charge is -2.78. The first-order valence-corrected chi connectivity index (χ1v) is 23.2. The van der Waals surface area contributed by atoms with E-state index in [9.17, 15) is 39.3 Å². The summed E-state index contributed by atoms with van der Waals surface area (Å²) in [4.78, 5) is 97.3. The van der Waals surface area contributed by atoms with Crippen LogP contribution in [0.1, 0.15) is 95.7 Å². The molecule has 1 heterocycles. The van der Waals surface area contributed by atoms with Crippen LogP contribution in [0.25, 0.3) is 0 Å². The zero-order valence-corrected chi connectivity index (χ0v) is 39.5. The number of nitrogens with one attached hydrogen (secondary N) is 1. The zero-order valence-electron chi connectivity index (χ0n) is 39.5. The Hall–Kier alpha value is -7.05. The molecule has 1 aliphatic heterocycles. The Labute approximate surface area is 408 Å². The van der Waals surface area contributed by atoms with Gasteiger partial charge in [-0.2, -0.15) is 0 Å². The fourth-order valence-electron chi connectivity index (χ4n) is 12.1. The van der Waals surface area contributed by atoms with Gasteiger partial charge in [0, 0.05) is 32.3 Å². The molecule has 0 aromatic heterocycles. The molecule has 4 aromatic carbocycles. The lowest BCUT2D eigenvalue weighted by Crippen LogP contribution is -2.90. The summed E-state index contributed by atoms with van der Waals surface area (Å²) >= 11 is 0. The first-order chi connectivity index (χ1) is 33.7. The van der Waals surface area contributed by atoms with Crippen molar-refractivity contribution < 1.29 is 77.3 Å². The van der Waals surface area contributed by atoms with Crippen molar-refractivity contribution in [2.24, 2.45) is 16.7 Å². The molecule has 4 aromatic rings. The van der Waals surface area contributed by atoms with Crippen LogP contribution in [0.4, 0.5) is 0 Å². The maximum absolute atomic E-state index is 15.6. The van der Waals surface area contributed by atoms with Crippen molar-refractivity contribution in [1.29, 1.82) is 0 Å². The predicted molar refractivity (Wildman–Crippen MR) is 247 cm³/mol. The molecule has 3 saturated carbocycles. The van der Waals surface area contributed by atoms with Gasteiger partial charge in [0.1, 0.15) is 23.4 Å². The number of benzene rings is 4. The van der Waals surface area contributed by atoms with Crippen LogP contribution in [0, 0.1) is 16.7 Å². The van der Waals surface area contributed by atoms with Gasteiger partial charge in [0.25, 0.3) is 5.91 Å². The van der Waals surface area contributed by atoms with Gasteiger partial charge in [-0.05, 0) is 79.4 Å². The Balaban J connectivity index is 1.19. The highest BCUT2D eigenvalue weighted by Gasteiger charge is 2.90. The maximum Gasteiger partial charge on any atom is 0.338 e. The van der Waals surface area contributed by atoms with Gasteiger partial charge in [0.2, 0.25) is 0 Å². The van der Waals surface area contributed by atoms with E-state index in [4.69, 9.17) is 28.4 Å². The highest BCUT2D eigenvalue weighted by Crippen LogP contribution is 2.78. The number of amides is 1. The number of carbonyl (C=O) groups is 7. The number of ketones is 1. The number of rotatable bonds is 14. The summed E-state index contributed by atoms with van der Waals surface area (Å²) in [5.41, 5.74) is -8.50. The van der Waals surface area contributed by atoms with Crippen molar-refractivity contribution in [2.45, 2.75) is 107 Å². The molecule has 370 valence electrons. The minimum Gasteiger partial charge on any atom is -0.478 e. The van der Waals surface area contributed by atoms with E-state index >= 15 is 9.59 Å². The number of carboxylic acids is 1. The third-order valence-electron chi connectivity index (χ3n) is 15.7. The van der Waals surface area contributed by atoms with E-state index < -0.39 is 118 Å². The smallest absolute Gasteiger partial charge is 0.338 e. The summed E-state index contributed by atoms with van der Waals surface area (Å²) in [7, 11) is 0. The zero-order chi connectivity index (χ0) is 50.8.